The molecule has 0 aromatic heterocycles. The van der Waals surface area contributed by atoms with Gasteiger partial charge in [-0.05, 0) is 5.22 Å². The lowest BCUT2D eigenvalue weighted by molar-refractivity contribution is -0.121. The van der Waals surface area contributed by atoms with E-state index in [4.69, 9.17) is 0 Å². The first kappa shape index (κ1) is 5.67. The highest BCUT2D eigenvalue weighted by atomic mass is 19.1. The van der Waals surface area contributed by atoms with Gasteiger partial charge in [0, 0.05) is 0 Å². The van der Waals surface area contributed by atoms with Crippen molar-refractivity contribution in [3.63, 3.8) is 0 Å². The quantitative estimate of drug-likeness (QED) is 0.404. The molecule has 0 spiro atoms. The van der Waals surface area contributed by atoms with Crippen LogP contribution in [0.2, 0.25) is 0 Å². The van der Waals surface area contributed by atoms with E-state index in [9.17, 15) is 9.18 Å². The zero-order valence-corrected chi connectivity index (χ0v) is 4.28. The molecular formula is C3H3FN4O. The summed E-state index contributed by atoms with van der Waals surface area (Å²) in [5, 5.41) is 6.91. The van der Waals surface area contributed by atoms with E-state index in [1.807, 2.05) is 5.43 Å². The summed E-state index contributed by atoms with van der Waals surface area (Å²) in [5.74, 6) is -0.711. The van der Waals surface area contributed by atoms with E-state index >= 15 is 0 Å². The predicted octanol–water partition coefficient (Wildman–Crippen LogP) is 0.0986. The lowest BCUT2D eigenvalue weighted by Crippen LogP contribution is -2.31. The van der Waals surface area contributed by atoms with E-state index < -0.39 is 5.95 Å². The Balaban J connectivity index is 2.61. The van der Waals surface area contributed by atoms with E-state index in [2.05, 4.69) is 10.3 Å². The first-order valence-electron chi connectivity index (χ1n) is 2.10. The van der Waals surface area contributed by atoms with Crippen LogP contribution in [0, 0.1) is 0 Å². The molecule has 0 saturated carbocycles. The Morgan fingerprint density at radius 2 is 2.67 bits per heavy atom. The molecule has 5 nitrogen and oxygen atoms in total. The van der Waals surface area contributed by atoms with Crippen molar-refractivity contribution in [1.29, 1.82) is 0 Å². The summed E-state index contributed by atoms with van der Waals surface area (Å²) in [6, 6.07) is 0. The zero-order valence-electron chi connectivity index (χ0n) is 4.28. The summed E-state index contributed by atoms with van der Waals surface area (Å²) in [7, 11) is 0. The largest absolute Gasteiger partial charge is 0.275 e. The average molecular weight is 130 g/mol. The summed E-state index contributed by atoms with van der Waals surface area (Å²) in [6.45, 7) is 0. The predicted molar refractivity (Wildman–Crippen MR) is 25.1 cm³/mol. The lowest BCUT2D eigenvalue weighted by Gasteiger charge is -2.11. The van der Waals surface area contributed by atoms with Gasteiger partial charge >= 0.3 is 0 Å². The fraction of sp³-hybridized carbons (Fsp3) is 0. The first-order valence-corrected chi connectivity index (χ1v) is 2.10. The molecule has 1 rings (SSSR count). The summed E-state index contributed by atoms with van der Waals surface area (Å²) in [5.41, 5.74) is 1.97. The number of carbonyl (C=O) groups excluding carboxylic acids is 1. The minimum Gasteiger partial charge on any atom is -0.275 e. The molecule has 6 heteroatoms. The van der Waals surface area contributed by atoms with Gasteiger partial charge in [-0.25, -0.2) is 5.43 Å². The number of rotatable bonds is 1. The fourth-order valence-corrected chi connectivity index (χ4v) is 0.340. The van der Waals surface area contributed by atoms with Crippen LogP contribution in [-0.4, -0.2) is 11.5 Å². The number of nitrogens with zero attached hydrogens (tertiary/aromatic N) is 3. The Morgan fingerprint density at radius 1 is 1.89 bits per heavy atom. The van der Waals surface area contributed by atoms with E-state index in [1.54, 1.807) is 0 Å². The fourth-order valence-electron chi connectivity index (χ4n) is 0.340. The normalized spacial score (nSPS) is 16.6. The maximum Gasteiger partial charge on any atom is 0.252 e. The molecule has 0 aromatic carbocycles. The molecule has 0 atom stereocenters. The van der Waals surface area contributed by atoms with Crippen molar-refractivity contribution in [3.8, 4) is 0 Å². The van der Waals surface area contributed by atoms with Crippen LogP contribution >= 0.6 is 0 Å². The van der Waals surface area contributed by atoms with Crippen LogP contribution in [0.15, 0.2) is 22.5 Å². The van der Waals surface area contributed by atoms with Gasteiger partial charge in [-0.15, -0.1) is 10.2 Å². The number of halogens is 1. The van der Waals surface area contributed by atoms with Crippen LogP contribution in [0.4, 0.5) is 4.39 Å². The number of amides is 1. The number of nitrogens with one attached hydrogen (secondary N) is 1. The molecule has 0 unspecified atom stereocenters. The summed E-state index contributed by atoms with van der Waals surface area (Å²) in [4.78, 5) is 9.82. The second kappa shape index (κ2) is 2.21. The van der Waals surface area contributed by atoms with Gasteiger partial charge in [-0.3, -0.25) is 4.79 Å². The van der Waals surface area contributed by atoms with Crippen LogP contribution < -0.4 is 5.43 Å². The van der Waals surface area contributed by atoms with Gasteiger partial charge in [0.15, 0.2) is 0 Å². The van der Waals surface area contributed by atoms with Crippen LogP contribution in [0.3, 0.4) is 0 Å². The standard InChI is InChI=1S/C3H3FN4O/c4-3-1-5-7-8(2-9)6-3/h1-2,6H. The van der Waals surface area contributed by atoms with Crippen LogP contribution in [0.25, 0.3) is 0 Å². The maximum atomic E-state index is 12.0. The molecule has 0 radical (unpaired) electrons. The van der Waals surface area contributed by atoms with Crippen molar-refractivity contribution in [2.75, 3.05) is 0 Å². The minimum atomic E-state index is -0.711. The molecule has 1 amide bonds. The van der Waals surface area contributed by atoms with Gasteiger partial charge in [-0.2, -0.15) is 4.39 Å². The molecule has 1 aliphatic heterocycles. The molecule has 0 saturated heterocycles. The highest BCUT2D eigenvalue weighted by molar-refractivity contribution is 5.45. The van der Waals surface area contributed by atoms with Crippen molar-refractivity contribution < 1.29 is 9.18 Å². The number of carbonyl (C=O) groups is 1. The molecule has 1 heterocycles. The zero-order chi connectivity index (χ0) is 6.69. The van der Waals surface area contributed by atoms with E-state index in [0.29, 0.717) is 11.5 Å². The SMILES string of the molecule is O=CN1N=NC=C(F)N1. The Kier molecular flexibility index (Phi) is 1.39. The Bertz CT molecular complexity index is 177. The molecule has 0 aromatic rings. The lowest BCUT2D eigenvalue weighted by atomic mass is 10.9. The summed E-state index contributed by atoms with van der Waals surface area (Å²) >= 11 is 0. The smallest absolute Gasteiger partial charge is 0.252 e. The molecule has 1 N–H and O–H groups in total. The Labute approximate surface area is 49.8 Å². The second-order valence-electron chi connectivity index (χ2n) is 1.24. The minimum absolute atomic E-state index is 0.302. The van der Waals surface area contributed by atoms with Gasteiger partial charge < -0.3 is 0 Å². The van der Waals surface area contributed by atoms with Gasteiger partial charge in [0.1, 0.15) is 6.20 Å². The van der Waals surface area contributed by atoms with Crippen LogP contribution in [0.1, 0.15) is 0 Å². The van der Waals surface area contributed by atoms with Gasteiger partial charge in [0.2, 0.25) is 5.95 Å². The van der Waals surface area contributed by atoms with Crippen molar-refractivity contribution in [2.24, 2.45) is 10.3 Å². The highest BCUT2D eigenvalue weighted by Gasteiger charge is 2.03. The molecule has 0 aliphatic carbocycles. The van der Waals surface area contributed by atoms with Gasteiger partial charge in [-0.1, -0.05) is 0 Å². The topological polar surface area (TPSA) is 57.1 Å². The van der Waals surface area contributed by atoms with E-state index in [0.717, 1.165) is 6.20 Å². The van der Waals surface area contributed by atoms with Gasteiger partial charge in [0.25, 0.3) is 6.41 Å². The summed E-state index contributed by atoms with van der Waals surface area (Å²) in [6.07, 6.45) is 1.16. The third-order valence-electron chi connectivity index (χ3n) is 0.640. The Morgan fingerprint density at radius 3 is 3.11 bits per heavy atom. The van der Waals surface area contributed by atoms with Gasteiger partial charge in [0.05, 0.1) is 0 Å². The second-order valence-corrected chi connectivity index (χ2v) is 1.24. The number of hydrogen-bond acceptors (Lipinski definition) is 4. The number of hydrogen-bond donors (Lipinski definition) is 1. The van der Waals surface area contributed by atoms with Crippen molar-refractivity contribution in [1.82, 2.24) is 10.5 Å². The average Bonchev–Trinajstić information content (AvgIpc) is 1.88. The highest BCUT2D eigenvalue weighted by Crippen LogP contribution is 1.99. The third-order valence-corrected chi connectivity index (χ3v) is 0.640. The maximum absolute atomic E-state index is 12.0. The van der Waals surface area contributed by atoms with Crippen molar-refractivity contribution in [2.45, 2.75) is 0 Å². The van der Waals surface area contributed by atoms with Crippen LogP contribution in [0.5, 0.6) is 0 Å². The van der Waals surface area contributed by atoms with E-state index in [-0.39, 0.29) is 0 Å². The first-order chi connectivity index (χ1) is 4.33. The third kappa shape index (κ3) is 1.21. The molecular weight excluding hydrogens is 127 g/mol. The van der Waals surface area contributed by atoms with E-state index in [1.165, 1.54) is 0 Å². The monoisotopic (exact) mass is 130 g/mol. The van der Waals surface area contributed by atoms with Crippen molar-refractivity contribution >= 4 is 6.41 Å². The molecule has 1 aliphatic rings. The van der Waals surface area contributed by atoms with Crippen molar-refractivity contribution in [3.05, 3.63) is 12.2 Å². The Hall–Kier alpha value is -1.46. The van der Waals surface area contributed by atoms with Crippen LogP contribution in [-0.2, 0) is 4.79 Å². The number of hydrazine groups is 1. The molecule has 0 fully saturated rings. The summed E-state index contributed by atoms with van der Waals surface area (Å²) < 4.78 is 12.0. The molecule has 9 heavy (non-hydrogen) atoms. The molecule has 0 bridgehead atoms. The molecule has 48 valence electrons.